The highest BCUT2D eigenvalue weighted by atomic mass is 16.6. The van der Waals surface area contributed by atoms with Crippen LogP contribution >= 0.6 is 0 Å². The molecule has 0 aliphatic heterocycles. The van der Waals surface area contributed by atoms with Crippen molar-refractivity contribution in [3.05, 3.63) is 73.7 Å². The van der Waals surface area contributed by atoms with Gasteiger partial charge in [-0.15, -0.1) is 0 Å². The number of anilines is 1. The number of carbonyl (C=O) groups is 2. The van der Waals surface area contributed by atoms with E-state index < -0.39 is 21.8 Å². The molecule has 0 spiro atoms. The lowest BCUT2D eigenvalue weighted by molar-refractivity contribution is -0.386. The minimum atomic E-state index is -0.741. The van der Waals surface area contributed by atoms with Gasteiger partial charge >= 0.3 is 17.6 Å². The van der Waals surface area contributed by atoms with Crippen LogP contribution in [0.3, 0.4) is 0 Å². The maximum Gasteiger partial charge on any atom is 0.339 e. The summed E-state index contributed by atoms with van der Waals surface area (Å²) in [4.78, 5) is 52.0. The quantitative estimate of drug-likeness (QED) is 0.246. The molecule has 0 bridgehead atoms. The number of nitrogens with zero attached hydrogens (tertiary/aromatic N) is 4. The fraction of sp³-hybridized carbons (Fsp3) is 0.263. The molecule has 13 nitrogen and oxygen atoms in total. The minimum Gasteiger partial charge on any atom is -0.465 e. The number of nitrogens with one attached hydrogen (secondary N) is 1. The summed E-state index contributed by atoms with van der Waals surface area (Å²) in [6.07, 6.45) is 6.37. The Morgan fingerprint density at radius 3 is 2.09 bits per heavy atom. The number of rotatable bonds is 10. The second-order valence-corrected chi connectivity index (χ2v) is 6.17. The molecule has 0 amide bonds. The van der Waals surface area contributed by atoms with Crippen molar-refractivity contribution in [2.45, 2.75) is 12.8 Å². The molecule has 0 saturated heterocycles. The summed E-state index contributed by atoms with van der Waals surface area (Å²) in [7, 11) is 2.32. The SMILES string of the molecule is COC(=O)c1cnc(CC/C=C/CNc2ncc(C(=O)OC)cc2[N+](=O)[O-])c([N+](=O)[O-])c1. The van der Waals surface area contributed by atoms with Crippen LogP contribution in [0, 0.1) is 20.2 Å². The molecule has 0 aliphatic rings. The van der Waals surface area contributed by atoms with E-state index in [4.69, 9.17) is 0 Å². The van der Waals surface area contributed by atoms with Gasteiger partial charge < -0.3 is 14.8 Å². The molecule has 13 heteroatoms. The lowest BCUT2D eigenvalue weighted by Crippen LogP contribution is -2.08. The van der Waals surface area contributed by atoms with Crippen LogP contribution in [0.4, 0.5) is 17.2 Å². The Bertz CT molecular complexity index is 986. The second-order valence-electron chi connectivity index (χ2n) is 6.17. The average Bonchev–Trinajstić information content (AvgIpc) is 2.79. The van der Waals surface area contributed by atoms with Gasteiger partial charge in [0.2, 0.25) is 5.82 Å². The molecule has 0 saturated carbocycles. The van der Waals surface area contributed by atoms with E-state index in [0.717, 1.165) is 25.4 Å². The lowest BCUT2D eigenvalue weighted by atomic mass is 10.1. The zero-order valence-corrected chi connectivity index (χ0v) is 17.1. The Balaban J connectivity index is 1.98. The third-order valence-corrected chi connectivity index (χ3v) is 4.15. The van der Waals surface area contributed by atoms with Gasteiger partial charge in [0.25, 0.3) is 5.69 Å². The fourth-order valence-electron chi connectivity index (χ4n) is 2.60. The molecule has 0 aliphatic carbocycles. The van der Waals surface area contributed by atoms with Gasteiger partial charge in [0, 0.05) is 37.5 Å². The first-order valence-corrected chi connectivity index (χ1v) is 9.11. The van der Waals surface area contributed by atoms with E-state index in [9.17, 15) is 29.8 Å². The van der Waals surface area contributed by atoms with Crippen molar-refractivity contribution in [3.8, 4) is 0 Å². The summed E-state index contributed by atoms with van der Waals surface area (Å²) < 4.78 is 9.05. The number of esters is 2. The number of pyridine rings is 2. The zero-order chi connectivity index (χ0) is 23.7. The van der Waals surface area contributed by atoms with Crippen molar-refractivity contribution >= 4 is 29.1 Å². The second kappa shape index (κ2) is 11.1. The van der Waals surface area contributed by atoms with Crippen LogP contribution < -0.4 is 5.32 Å². The molecule has 2 aromatic heterocycles. The van der Waals surface area contributed by atoms with E-state index >= 15 is 0 Å². The topological polar surface area (TPSA) is 177 Å². The summed E-state index contributed by atoms with van der Waals surface area (Å²) in [5, 5.41) is 25.2. The van der Waals surface area contributed by atoms with Crippen molar-refractivity contribution in [2.24, 2.45) is 0 Å². The van der Waals surface area contributed by atoms with E-state index in [1.807, 2.05) is 0 Å². The molecule has 0 aromatic carbocycles. The number of hydrogen-bond acceptors (Lipinski definition) is 11. The summed E-state index contributed by atoms with van der Waals surface area (Å²) in [6, 6.07) is 2.18. The minimum absolute atomic E-state index is 0.0185. The Labute approximate surface area is 181 Å². The van der Waals surface area contributed by atoms with E-state index in [2.05, 4.69) is 24.8 Å². The van der Waals surface area contributed by atoms with Gasteiger partial charge in [0.15, 0.2) is 0 Å². The van der Waals surface area contributed by atoms with Crippen LogP contribution in [0.1, 0.15) is 32.8 Å². The van der Waals surface area contributed by atoms with Gasteiger partial charge in [-0.3, -0.25) is 25.2 Å². The Morgan fingerprint density at radius 2 is 1.53 bits per heavy atom. The summed E-state index contributed by atoms with van der Waals surface area (Å²) in [5.41, 5.74) is -0.532. The molecule has 0 radical (unpaired) electrons. The molecule has 2 rings (SSSR count). The number of nitro groups is 2. The number of methoxy groups -OCH3 is 2. The third kappa shape index (κ3) is 6.04. The van der Waals surface area contributed by atoms with Gasteiger partial charge in [-0.05, 0) is 6.42 Å². The van der Waals surface area contributed by atoms with Crippen molar-refractivity contribution in [1.82, 2.24) is 9.97 Å². The number of aryl methyl sites for hydroxylation is 1. The van der Waals surface area contributed by atoms with Crippen molar-refractivity contribution in [3.63, 3.8) is 0 Å². The van der Waals surface area contributed by atoms with Crippen LogP contribution in [0.5, 0.6) is 0 Å². The molecule has 0 unspecified atom stereocenters. The summed E-state index contributed by atoms with van der Waals surface area (Å²) >= 11 is 0. The predicted octanol–water partition coefficient (Wildman–Crippen LogP) is 2.47. The van der Waals surface area contributed by atoms with Crippen molar-refractivity contribution in [1.29, 1.82) is 0 Å². The highest BCUT2D eigenvalue weighted by molar-refractivity contribution is 5.90. The van der Waals surface area contributed by atoms with E-state index in [-0.39, 0.29) is 47.0 Å². The van der Waals surface area contributed by atoms with Crippen LogP contribution in [-0.2, 0) is 15.9 Å². The normalized spacial score (nSPS) is 10.6. The molecule has 1 N–H and O–H groups in total. The number of ether oxygens (including phenoxy) is 2. The Morgan fingerprint density at radius 1 is 0.969 bits per heavy atom. The van der Waals surface area contributed by atoms with Gasteiger partial charge in [0.1, 0.15) is 5.69 Å². The largest absolute Gasteiger partial charge is 0.465 e. The summed E-state index contributed by atoms with van der Waals surface area (Å²) in [5.74, 6) is -1.49. The van der Waals surface area contributed by atoms with Crippen molar-refractivity contribution in [2.75, 3.05) is 26.1 Å². The van der Waals surface area contributed by atoms with Crippen LogP contribution in [-0.4, -0.2) is 52.5 Å². The Hall–Kier alpha value is -4.42. The first-order valence-electron chi connectivity index (χ1n) is 9.11. The van der Waals surface area contributed by atoms with Crippen LogP contribution in [0.15, 0.2) is 36.7 Å². The van der Waals surface area contributed by atoms with E-state index in [1.165, 1.54) is 13.3 Å². The highest BCUT2D eigenvalue weighted by Crippen LogP contribution is 2.23. The first kappa shape index (κ1) is 23.9. The van der Waals surface area contributed by atoms with Gasteiger partial charge in [0.05, 0.1) is 35.2 Å². The molecule has 2 heterocycles. The molecular weight excluding hydrogens is 426 g/mol. The lowest BCUT2D eigenvalue weighted by Gasteiger charge is -2.05. The molecule has 0 fully saturated rings. The maximum absolute atomic E-state index is 11.5. The zero-order valence-electron chi connectivity index (χ0n) is 17.1. The monoisotopic (exact) mass is 445 g/mol. The maximum atomic E-state index is 11.5. The Kier molecular flexibility index (Phi) is 8.28. The molecule has 32 heavy (non-hydrogen) atoms. The number of carbonyl (C=O) groups excluding carboxylic acids is 2. The first-order chi connectivity index (χ1) is 15.3. The van der Waals surface area contributed by atoms with Gasteiger partial charge in [-0.1, -0.05) is 12.2 Å². The number of aromatic nitrogens is 2. The molecule has 2 aromatic rings. The smallest absolute Gasteiger partial charge is 0.339 e. The van der Waals surface area contributed by atoms with Gasteiger partial charge in [-0.2, -0.15) is 0 Å². The highest BCUT2D eigenvalue weighted by Gasteiger charge is 2.20. The molecule has 168 valence electrons. The summed E-state index contributed by atoms with van der Waals surface area (Å²) in [6.45, 7) is 0.183. The van der Waals surface area contributed by atoms with Crippen LogP contribution in [0.25, 0.3) is 0 Å². The third-order valence-electron chi connectivity index (χ3n) is 4.15. The van der Waals surface area contributed by atoms with E-state index in [1.54, 1.807) is 12.2 Å². The van der Waals surface area contributed by atoms with Crippen molar-refractivity contribution < 1.29 is 28.9 Å². The number of hydrogen-bond donors (Lipinski definition) is 1. The molecular formula is C19H19N5O8. The number of allylic oxidation sites excluding steroid dienone is 1. The molecule has 0 atom stereocenters. The van der Waals surface area contributed by atoms with Gasteiger partial charge in [-0.25, -0.2) is 14.6 Å². The standard InChI is InChI=1S/C19H19N5O8/c1-31-18(25)12-8-15(23(27)28)14(21-10-12)6-4-3-5-7-20-17-16(24(29)30)9-13(11-22-17)19(26)32-2/h3,5,8-11H,4,6-7H2,1-2H3,(H,20,22)/b5-3+. The van der Waals surface area contributed by atoms with Crippen LogP contribution in [0.2, 0.25) is 0 Å². The predicted molar refractivity (Wildman–Crippen MR) is 110 cm³/mol. The fourth-order valence-corrected chi connectivity index (χ4v) is 2.60. The van der Waals surface area contributed by atoms with E-state index in [0.29, 0.717) is 6.42 Å². The average molecular weight is 445 g/mol.